The molecule has 2 aromatic carbocycles. The van der Waals surface area contributed by atoms with Crippen molar-refractivity contribution in [1.82, 2.24) is 0 Å². The first-order valence-corrected chi connectivity index (χ1v) is 8.11. The van der Waals surface area contributed by atoms with Crippen LogP contribution >= 0.6 is 11.6 Å². The Labute approximate surface area is 132 Å². The summed E-state index contributed by atoms with van der Waals surface area (Å²) in [5.74, 6) is 0. The van der Waals surface area contributed by atoms with E-state index in [4.69, 9.17) is 11.6 Å². The number of nitro groups is 1. The van der Waals surface area contributed by atoms with Crippen LogP contribution in [0.15, 0.2) is 41.3 Å². The standard InChI is InChI=1S/C14H13ClN2O4S/c1-9-3-4-11(7-10(9)2)16-22(20,21)12-5-6-14(17(18)19)13(15)8-12/h3-8,16H,1-2H3. The summed E-state index contributed by atoms with van der Waals surface area (Å²) in [6, 6.07) is 8.43. The van der Waals surface area contributed by atoms with Gasteiger partial charge in [0.2, 0.25) is 0 Å². The first-order chi connectivity index (χ1) is 10.2. The Balaban J connectivity index is 2.36. The minimum atomic E-state index is -3.86. The number of rotatable bonds is 4. The van der Waals surface area contributed by atoms with Gasteiger partial charge in [-0.15, -0.1) is 0 Å². The first kappa shape index (κ1) is 16.3. The second kappa shape index (κ2) is 5.94. The third kappa shape index (κ3) is 3.37. The lowest BCUT2D eigenvalue weighted by atomic mass is 10.1. The summed E-state index contributed by atoms with van der Waals surface area (Å²) < 4.78 is 27.0. The number of nitro benzene ring substituents is 1. The van der Waals surface area contributed by atoms with Crippen molar-refractivity contribution in [2.24, 2.45) is 0 Å². The Kier molecular flexibility index (Phi) is 4.39. The Bertz CT molecular complexity index is 850. The smallest absolute Gasteiger partial charge is 0.280 e. The Hall–Kier alpha value is -2.12. The van der Waals surface area contributed by atoms with Gasteiger partial charge in [-0.05, 0) is 49.2 Å². The van der Waals surface area contributed by atoms with Gasteiger partial charge in [0.1, 0.15) is 5.02 Å². The number of anilines is 1. The number of hydrogen-bond acceptors (Lipinski definition) is 4. The second-order valence-electron chi connectivity index (χ2n) is 4.77. The fraction of sp³-hybridized carbons (Fsp3) is 0.143. The summed E-state index contributed by atoms with van der Waals surface area (Å²) in [4.78, 5) is 9.89. The van der Waals surface area contributed by atoms with Gasteiger partial charge >= 0.3 is 0 Å². The van der Waals surface area contributed by atoms with E-state index in [1.807, 2.05) is 13.8 Å². The van der Waals surface area contributed by atoms with E-state index in [9.17, 15) is 18.5 Å². The monoisotopic (exact) mass is 340 g/mol. The van der Waals surface area contributed by atoms with Crippen LogP contribution in [-0.4, -0.2) is 13.3 Å². The highest BCUT2D eigenvalue weighted by Crippen LogP contribution is 2.28. The predicted molar refractivity (Wildman–Crippen MR) is 84.8 cm³/mol. The van der Waals surface area contributed by atoms with Crippen molar-refractivity contribution in [2.45, 2.75) is 18.7 Å². The topological polar surface area (TPSA) is 89.3 Å². The van der Waals surface area contributed by atoms with E-state index in [-0.39, 0.29) is 15.6 Å². The van der Waals surface area contributed by atoms with Crippen LogP contribution in [0.5, 0.6) is 0 Å². The van der Waals surface area contributed by atoms with Crippen molar-refractivity contribution in [3.8, 4) is 0 Å². The normalized spacial score (nSPS) is 11.2. The predicted octanol–water partition coefficient (Wildman–Crippen LogP) is 3.67. The summed E-state index contributed by atoms with van der Waals surface area (Å²) in [5.41, 5.74) is 2.06. The van der Waals surface area contributed by atoms with Crippen LogP contribution in [0.4, 0.5) is 11.4 Å². The lowest BCUT2D eigenvalue weighted by Crippen LogP contribution is -2.13. The molecule has 22 heavy (non-hydrogen) atoms. The van der Waals surface area contributed by atoms with Gasteiger partial charge < -0.3 is 0 Å². The molecule has 0 amide bonds. The number of nitrogens with zero attached hydrogens (tertiary/aromatic N) is 1. The lowest BCUT2D eigenvalue weighted by Gasteiger charge is -2.10. The summed E-state index contributed by atoms with van der Waals surface area (Å²) >= 11 is 5.75. The summed E-state index contributed by atoms with van der Waals surface area (Å²) in [6.45, 7) is 3.79. The maximum Gasteiger partial charge on any atom is 0.287 e. The molecule has 0 saturated heterocycles. The van der Waals surface area contributed by atoms with E-state index in [0.717, 1.165) is 29.3 Å². The van der Waals surface area contributed by atoms with Crippen molar-refractivity contribution in [1.29, 1.82) is 0 Å². The van der Waals surface area contributed by atoms with Crippen LogP contribution in [0, 0.1) is 24.0 Å². The molecule has 0 radical (unpaired) electrons. The van der Waals surface area contributed by atoms with E-state index in [1.165, 1.54) is 0 Å². The maximum absolute atomic E-state index is 12.3. The van der Waals surface area contributed by atoms with Crippen LogP contribution in [0.3, 0.4) is 0 Å². The van der Waals surface area contributed by atoms with Gasteiger partial charge in [0.15, 0.2) is 0 Å². The van der Waals surface area contributed by atoms with Crippen molar-refractivity contribution in [3.63, 3.8) is 0 Å². The highest BCUT2D eigenvalue weighted by molar-refractivity contribution is 7.92. The van der Waals surface area contributed by atoms with Gasteiger partial charge in [-0.2, -0.15) is 0 Å². The van der Waals surface area contributed by atoms with Crippen LogP contribution in [0.25, 0.3) is 0 Å². The molecule has 0 aromatic heterocycles. The molecule has 8 heteroatoms. The molecule has 0 atom stereocenters. The van der Waals surface area contributed by atoms with E-state index >= 15 is 0 Å². The molecule has 0 fully saturated rings. The van der Waals surface area contributed by atoms with Crippen molar-refractivity contribution in [2.75, 3.05) is 4.72 Å². The van der Waals surface area contributed by atoms with Crippen LogP contribution in [-0.2, 0) is 10.0 Å². The number of nitrogens with one attached hydrogen (secondary N) is 1. The van der Waals surface area contributed by atoms with Crippen LogP contribution in [0.1, 0.15) is 11.1 Å². The SMILES string of the molecule is Cc1ccc(NS(=O)(=O)c2ccc([N+](=O)[O-])c(Cl)c2)cc1C. The average Bonchev–Trinajstić information content (AvgIpc) is 2.42. The van der Waals surface area contributed by atoms with Gasteiger partial charge in [0, 0.05) is 11.8 Å². The number of benzene rings is 2. The maximum atomic E-state index is 12.3. The second-order valence-corrected chi connectivity index (χ2v) is 6.86. The van der Waals surface area contributed by atoms with Gasteiger partial charge in [0.05, 0.1) is 9.82 Å². The molecule has 0 heterocycles. The molecule has 6 nitrogen and oxygen atoms in total. The average molecular weight is 341 g/mol. The van der Waals surface area contributed by atoms with Gasteiger partial charge in [0.25, 0.3) is 15.7 Å². The number of aryl methyl sites for hydroxylation is 2. The molecule has 116 valence electrons. The van der Waals surface area contributed by atoms with E-state index < -0.39 is 14.9 Å². The molecule has 0 spiro atoms. The summed E-state index contributed by atoms with van der Waals surface area (Å²) in [6.07, 6.45) is 0. The molecule has 2 aromatic rings. The minimum Gasteiger partial charge on any atom is -0.280 e. The summed E-state index contributed by atoms with van der Waals surface area (Å²) in [7, 11) is -3.86. The quantitative estimate of drug-likeness (QED) is 0.679. The third-order valence-corrected chi connectivity index (χ3v) is 4.87. The number of sulfonamides is 1. The minimum absolute atomic E-state index is 0.138. The number of halogens is 1. The molecule has 0 aliphatic rings. The highest BCUT2D eigenvalue weighted by Gasteiger charge is 2.19. The van der Waals surface area contributed by atoms with E-state index in [0.29, 0.717) is 5.69 Å². The highest BCUT2D eigenvalue weighted by atomic mass is 35.5. The Morgan fingerprint density at radius 3 is 2.32 bits per heavy atom. The number of hydrogen-bond donors (Lipinski definition) is 1. The van der Waals surface area contributed by atoms with Crippen LogP contribution in [0.2, 0.25) is 5.02 Å². The van der Waals surface area contributed by atoms with E-state index in [2.05, 4.69) is 4.72 Å². The fourth-order valence-electron chi connectivity index (χ4n) is 1.82. The van der Waals surface area contributed by atoms with Crippen molar-refractivity contribution < 1.29 is 13.3 Å². The van der Waals surface area contributed by atoms with E-state index in [1.54, 1.807) is 18.2 Å². The van der Waals surface area contributed by atoms with Gasteiger partial charge in [-0.25, -0.2) is 8.42 Å². The van der Waals surface area contributed by atoms with Gasteiger partial charge in [-0.1, -0.05) is 17.7 Å². The van der Waals surface area contributed by atoms with Gasteiger partial charge in [-0.3, -0.25) is 14.8 Å². The van der Waals surface area contributed by atoms with Crippen LogP contribution < -0.4 is 4.72 Å². The zero-order chi connectivity index (χ0) is 16.5. The zero-order valence-corrected chi connectivity index (χ0v) is 13.4. The first-order valence-electron chi connectivity index (χ1n) is 6.25. The molecule has 0 aliphatic carbocycles. The Morgan fingerprint density at radius 2 is 1.77 bits per heavy atom. The molecular weight excluding hydrogens is 328 g/mol. The zero-order valence-electron chi connectivity index (χ0n) is 11.8. The lowest BCUT2D eigenvalue weighted by molar-refractivity contribution is -0.384. The van der Waals surface area contributed by atoms with Crippen molar-refractivity contribution in [3.05, 3.63) is 62.7 Å². The molecular formula is C14H13ClN2O4S. The molecule has 2 rings (SSSR count). The summed E-state index contributed by atoms with van der Waals surface area (Å²) in [5, 5.41) is 10.5. The third-order valence-electron chi connectivity index (χ3n) is 3.19. The molecule has 0 bridgehead atoms. The molecule has 0 saturated carbocycles. The Morgan fingerprint density at radius 1 is 1.09 bits per heavy atom. The molecule has 0 aliphatic heterocycles. The molecule has 0 unspecified atom stereocenters. The largest absolute Gasteiger partial charge is 0.287 e. The molecule has 1 N–H and O–H groups in total. The van der Waals surface area contributed by atoms with Crippen molar-refractivity contribution >= 4 is 33.0 Å². The fourth-order valence-corrected chi connectivity index (χ4v) is 3.21.